The van der Waals surface area contributed by atoms with Gasteiger partial charge in [0.2, 0.25) is 0 Å². The van der Waals surface area contributed by atoms with Crippen LogP contribution in [-0.4, -0.2) is 30.6 Å². The summed E-state index contributed by atoms with van der Waals surface area (Å²) in [4.78, 5) is 11.4. The number of pyridine rings is 1. The van der Waals surface area contributed by atoms with Gasteiger partial charge in [0.25, 0.3) is 0 Å². The summed E-state index contributed by atoms with van der Waals surface area (Å²) in [5.74, 6) is 1.79. The van der Waals surface area contributed by atoms with Crippen molar-refractivity contribution in [1.82, 2.24) is 15.6 Å². The Labute approximate surface area is 179 Å². The highest BCUT2D eigenvalue weighted by molar-refractivity contribution is 14.0. The van der Waals surface area contributed by atoms with Gasteiger partial charge >= 0.3 is 0 Å². The molecule has 4 nitrogen and oxygen atoms in total. The molecule has 0 saturated carbocycles. The summed E-state index contributed by atoms with van der Waals surface area (Å²) in [6.07, 6.45) is 4.79. The van der Waals surface area contributed by atoms with E-state index in [0.29, 0.717) is 17.9 Å². The minimum Gasteiger partial charge on any atom is -0.356 e. The summed E-state index contributed by atoms with van der Waals surface area (Å²) < 4.78 is 0. The molecule has 2 unspecified atom stereocenters. The van der Waals surface area contributed by atoms with Crippen LogP contribution in [0.15, 0.2) is 41.7 Å². The summed E-state index contributed by atoms with van der Waals surface area (Å²) >= 11 is 1.86. The zero-order valence-electron chi connectivity index (χ0n) is 16.3. The van der Waals surface area contributed by atoms with E-state index in [0.717, 1.165) is 18.9 Å². The molecular formula is C20H31IN4S. The molecule has 2 aromatic rings. The van der Waals surface area contributed by atoms with Gasteiger partial charge in [-0.2, -0.15) is 0 Å². The van der Waals surface area contributed by atoms with Crippen LogP contribution in [0.2, 0.25) is 0 Å². The molecule has 0 saturated heterocycles. The highest BCUT2D eigenvalue weighted by atomic mass is 127. The normalized spacial score (nSPS) is 13.8. The first kappa shape index (κ1) is 22.9. The third-order valence-corrected chi connectivity index (χ3v) is 5.34. The molecule has 0 amide bonds. The molecule has 2 aromatic heterocycles. The number of hydrogen-bond acceptors (Lipinski definition) is 3. The van der Waals surface area contributed by atoms with E-state index < -0.39 is 0 Å². The van der Waals surface area contributed by atoms with Gasteiger partial charge in [-0.15, -0.1) is 35.3 Å². The zero-order valence-corrected chi connectivity index (χ0v) is 19.5. The van der Waals surface area contributed by atoms with Crippen LogP contribution in [0.3, 0.4) is 0 Å². The summed E-state index contributed by atoms with van der Waals surface area (Å²) in [5.41, 5.74) is 1.27. The van der Waals surface area contributed by atoms with E-state index >= 15 is 0 Å². The molecule has 0 bridgehead atoms. The fourth-order valence-corrected chi connectivity index (χ4v) is 3.94. The second kappa shape index (κ2) is 11.5. The summed E-state index contributed by atoms with van der Waals surface area (Å²) in [6, 6.07) is 8.88. The number of halogens is 1. The summed E-state index contributed by atoms with van der Waals surface area (Å²) in [7, 11) is 1.83. The Morgan fingerprint density at radius 3 is 2.54 bits per heavy atom. The molecule has 0 aliphatic carbocycles. The Bertz CT molecular complexity index is 669. The number of hydrogen-bond donors (Lipinski definition) is 2. The Morgan fingerprint density at radius 1 is 1.23 bits per heavy atom. The van der Waals surface area contributed by atoms with Gasteiger partial charge in [-0.1, -0.05) is 19.9 Å². The van der Waals surface area contributed by atoms with Crippen LogP contribution < -0.4 is 10.6 Å². The van der Waals surface area contributed by atoms with E-state index in [1.165, 1.54) is 15.3 Å². The van der Waals surface area contributed by atoms with Crippen LogP contribution in [0.25, 0.3) is 0 Å². The predicted molar refractivity (Wildman–Crippen MR) is 124 cm³/mol. The highest BCUT2D eigenvalue weighted by Crippen LogP contribution is 2.22. The monoisotopic (exact) mass is 486 g/mol. The van der Waals surface area contributed by atoms with Crippen molar-refractivity contribution in [2.24, 2.45) is 10.9 Å². The Morgan fingerprint density at radius 2 is 2.00 bits per heavy atom. The van der Waals surface area contributed by atoms with Gasteiger partial charge in [0, 0.05) is 54.1 Å². The SMILES string of the molecule is CN=C(NCC(c1cccnc1)C(C)C)NC(C)Cc1ccc(C)s1.I. The molecule has 26 heavy (non-hydrogen) atoms. The lowest BCUT2D eigenvalue weighted by molar-refractivity contribution is 0.485. The van der Waals surface area contributed by atoms with E-state index in [1.54, 1.807) is 0 Å². The van der Waals surface area contributed by atoms with Crippen molar-refractivity contribution in [2.45, 2.75) is 46.1 Å². The number of guanidine groups is 1. The number of nitrogens with one attached hydrogen (secondary N) is 2. The van der Waals surface area contributed by atoms with Crippen molar-refractivity contribution in [3.63, 3.8) is 0 Å². The lowest BCUT2D eigenvalue weighted by Crippen LogP contribution is -2.44. The first-order valence-electron chi connectivity index (χ1n) is 8.92. The van der Waals surface area contributed by atoms with Crippen molar-refractivity contribution >= 4 is 41.3 Å². The van der Waals surface area contributed by atoms with Gasteiger partial charge in [0.05, 0.1) is 0 Å². The Kier molecular flexibility index (Phi) is 10.2. The molecule has 6 heteroatoms. The molecule has 0 aliphatic rings. The van der Waals surface area contributed by atoms with Crippen LogP contribution >= 0.6 is 35.3 Å². The van der Waals surface area contributed by atoms with E-state index in [2.05, 4.69) is 66.5 Å². The van der Waals surface area contributed by atoms with Gasteiger partial charge < -0.3 is 10.6 Å². The number of nitrogens with zero attached hydrogens (tertiary/aromatic N) is 2. The molecule has 2 heterocycles. The summed E-state index contributed by atoms with van der Waals surface area (Å²) in [5, 5.41) is 6.99. The van der Waals surface area contributed by atoms with Crippen molar-refractivity contribution in [3.05, 3.63) is 52.0 Å². The van der Waals surface area contributed by atoms with E-state index in [1.807, 2.05) is 36.8 Å². The minimum absolute atomic E-state index is 0. The quantitative estimate of drug-likeness (QED) is 0.342. The minimum atomic E-state index is 0. The Hall–Kier alpha value is -1.15. The fourth-order valence-electron chi connectivity index (χ4n) is 2.92. The largest absolute Gasteiger partial charge is 0.356 e. The van der Waals surface area contributed by atoms with Gasteiger partial charge in [-0.05, 0) is 43.5 Å². The van der Waals surface area contributed by atoms with Gasteiger partial charge in [0.15, 0.2) is 5.96 Å². The third-order valence-electron chi connectivity index (χ3n) is 4.32. The van der Waals surface area contributed by atoms with Crippen molar-refractivity contribution in [1.29, 1.82) is 0 Å². The molecule has 2 atom stereocenters. The average Bonchev–Trinajstić information content (AvgIpc) is 2.99. The number of aromatic nitrogens is 1. The third kappa shape index (κ3) is 7.23. The number of aryl methyl sites for hydroxylation is 1. The summed E-state index contributed by atoms with van der Waals surface area (Å²) in [6.45, 7) is 9.68. The second-order valence-corrected chi connectivity index (χ2v) is 8.22. The number of rotatable bonds is 7. The van der Waals surface area contributed by atoms with Crippen LogP contribution in [0.4, 0.5) is 0 Å². The molecule has 144 valence electrons. The highest BCUT2D eigenvalue weighted by Gasteiger charge is 2.17. The number of thiophene rings is 1. The van der Waals surface area contributed by atoms with Gasteiger partial charge in [-0.3, -0.25) is 9.98 Å². The van der Waals surface area contributed by atoms with E-state index in [4.69, 9.17) is 0 Å². The lowest BCUT2D eigenvalue weighted by Gasteiger charge is -2.24. The maximum absolute atomic E-state index is 4.38. The van der Waals surface area contributed by atoms with Gasteiger partial charge in [-0.25, -0.2) is 0 Å². The van der Waals surface area contributed by atoms with E-state index in [9.17, 15) is 0 Å². The Balaban J connectivity index is 0.00000338. The maximum Gasteiger partial charge on any atom is 0.191 e. The smallest absolute Gasteiger partial charge is 0.191 e. The van der Waals surface area contributed by atoms with Crippen LogP contribution in [-0.2, 0) is 6.42 Å². The van der Waals surface area contributed by atoms with E-state index in [-0.39, 0.29) is 24.0 Å². The topological polar surface area (TPSA) is 49.3 Å². The van der Waals surface area contributed by atoms with Crippen molar-refractivity contribution in [3.8, 4) is 0 Å². The number of aliphatic imine (C=N–C) groups is 1. The molecule has 0 aliphatic heterocycles. The van der Waals surface area contributed by atoms with Crippen LogP contribution in [0.1, 0.15) is 42.0 Å². The second-order valence-electron chi connectivity index (χ2n) is 6.85. The molecule has 0 aromatic carbocycles. The standard InChI is InChI=1S/C20H30N4S.HI/c1-14(2)19(17-7-6-10-22-12-17)13-23-20(21-5)24-15(3)11-18-9-8-16(4)25-18;/h6-10,12,14-15,19H,11,13H2,1-5H3,(H2,21,23,24);1H. The van der Waals surface area contributed by atoms with Gasteiger partial charge in [0.1, 0.15) is 0 Å². The van der Waals surface area contributed by atoms with Crippen molar-refractivity contribution in [2.75, 3.05) is 13.6 Å². The zero-order chi connectivity index (χ0) is 18.2. The average molecular weight is 486 g/mol. The fraction of sp³-hybridized carbons (Fsp3) is 0.500. The molecule has 2 rings (SSSR count). The molecule has 0 fully saturated rings. The maximum atomic E-state index is 4.38. The molecule has 0 spiro atoms. The first-order valence-corrected chi connectivity index (χ1v) is 9.73. The molecule has 0 radical (unpaired) electrons. The molecular weight excluding hydrogens is 455 g/mol. The first-order chi connectivity index (χ1) is 12.0. The lowest BCUT2D eigenvalue weighted by atomic mass is 9.89. The molecule has 2 N–H and O–H groups in total. The predicted octanol–water partition coefficient (Wildman–Crippen LogP) is 4.61. The van der Waals surface area contributed by atoms with Crippen LogP contribution in [0, 0.1) is 12.8 Å². The van der Waals surface area contributed by atoms with Crippen molar-refractivity contribution < 1.29 is 0 Å². The van der Waals surface area contributed by atoms with Crippen LogP contribution in [0.5, 0.6) is 0 Å².